The van der Waals surface area contributed by atoms with Crippen LogP contribution < -0.4 is 9.47 Å². The number of thiazole rings is 1. The third-order valence-electron chi connectivity index (χ3n) is 4.58. The van der Waals surface area contributed by atoms with Crippen LogP contribution in [0.5, 0.6) is 17.2 Å². The quantitative estimate of drug-likeness (QED) is 0.304. The highest BCUT2D eigenvalue weighted by molar-refractivity contribution is 7.13. The van der Waals surface area contributed by atoms with E-state index in [1.54, 1.807) is 12.1 Å². The van der Waals surface area contributed by atoms with Gasteiger partial charge >= 0.3 is 5.97 Å². The molecule has 1 N–H and O–H groups in total. The normalized spacial score (nSPS) is 9.97. The van der Waals surface area contributed by atoms with Crippen molar-refractivity contribution >= 4 is 54.5 Å². The first-order chi connectivity index (χ1) is 15.4. The Morgan fingerprint density at radius 3 is 2.29 bits per heavy atom. The second-order valence-electron chi connectivity index (χ2n) is 7.24. The number of rotatable bonds is 10. The van der Waals surface area contributed by atoms with Crippen LogP contribution in [0.3, 0.4) is 0 Å². The van der Waals surface area contributed by atoms with E-state index in [0.29, 0.717) is 37.0 Å². The molecule has 0 spiro atoms. The van der Waals surface area contributed by atoms with Crippen LogP contribution in [0.1, 0.15) is 24.2 Å². The molecule has 0 saturated heterocycles. The van der Waals surface area contributed by atoms with Crippen molar-refractivity contribution in [2.24, 2.45) is 0 Å². The van der Waals surface area contributed by atoms with E-state index in [1.165, 1.54) is 17.4 Å². The lowest BCUT2D eigenvalue weighted by Gasteiger charge is -2.11. The summed E-state index contributed by atoms with van der Waals surface area (Å²) in [6, 6.07) is 10.6. The number of hydrogen-bond donors (Lipinski definition) is 1. The number of nitrogens with zero attached hydrogens (tertiary/aromatic N) is 2. The van der Waals surface area contributed by atoms with Crippen molar-refractivity contribution in [1.82, 2.24) is 9.88 Å². The zero-order chi connectivity index (χ0) is 23.1. The molecular formula is C24H31Cl3N2O5S. The molecule has 0 saturated carbocycles. The van der Waals surface area contributed by atoms with Crippen molar-refractivity contribution in [2.45, 2.75) is 13.8 Å². The number of aromatic nitrogens is 1. The molecule has 0 unspecified atom stereocenters. The molecular weight excluding hydrogens is 535 g/mol. The standard InChI is InChI=1S/C24H28N2O5S.3ClH/c1-5-29-21-10-8-17(14-22(21)30-6-2)23-25-19(15-32-23)16-7-9-20(27)18(13-16)24(28)31-12-11-26(3)4;;;/h7-10,13-15,27H,5-6,11-12H2,1-4H3;3*1H. The van der Waals surface area contributed by atoms with Crippen LogP contribution in [0.4, 0.5) is 0 Å². The third kappa shape index (κ3) is 8.74. The van der Waals surface area contributed by atoms with Gasteiger partial charge in [0.2, 0.25) is 0 Å². The van der Waals surface area contributed by atoms with E-state index in [2.05, 4.69) is 0 Å². The molecule has 1 aromatic heterocycles. The monoisotopic (exact) mass is 564 g/mol. The molecule has 0 fully saturated rings. The summed E-state index contributed by atoms with van der Waals surface area (Å²) in [5, 5.41) is 12.9. The summed E-state index contributed by atoms with van der Waals surface area (Å²) in [6.45, 7) is 5.80. The van der Waals surface area contributed by atoms with E-state index < -0.39 is 5.97 Å². The summed E-state index contributed by atoms with van der Waals surface area (Å²) in [5.41, 5.74) is 2.46. The van der Waals surface area contributed by atoms with Crippen LogP contribution in [0.15, 0.2) is 41.8 Å². The van der Waals surface area contributed by atoms with Gasteiger partial charge < -0.3 is 24.2 Å². The molecule has 0 amide bonds. The van der Waals surface area contributed by atoms with Crippen LogP contribution in [0, 0.1) is 0 Å². The largest absolute Gasteiger partial charge is 0.507 e. The lowest BCUT2D eigenvalue weighted by molar-refractivity contribution is 0.0478. The van der Waals surface area contributed by atoms with E-state index in [-0.39, 0.29) is 55.1 Å². The molecule has 1 heterocycles. The van der Waals surface area contributed by atoms with Crippen molar-refractivity contribution in [1.29, 1.82) is 0 Å². The number of carbonyl (C=O) groups excluding carboxylic acids is 1. The molecule has 0 aliphatic heterocycles. The Labute approximate surface area is 228 Å². The van der Waals surface area contributed by atoms with Gasteiger partial charge in [-0.15, -0.1) is 48.6 Å². The minimum absolute atomic E-state index is 0. The number of phenols is 1. The molecule has 3 rings (SSSR count). The smallest absolute Gasteiger partial charge is 0.341 e. The van der Waals surface area contributed by atoms with Gasteiger partial charge in [0, 0.05) is 23.1 Å². The topological polar surface area (TPSA) is 81.1 Å². The van der Waals surface area contributed by atoms with Crippen LogP contribution in [-0.4, -0.2) is 61.4 Å². The van der Waals surface area contributed by atoms with Gasteiger partial charge in [0.05, 0.1) is 18.9 Å². The maximum absolute atomic E-state index is 12.4. The van der Waals surface area contributed by atoms with Gasteiger partial charge in [-0.05, 0) is 64.3 Å². The maximum Gasteiger partial charge on any atom is 0.341 e. The van der Waals surface area contributed by atoms with Crippen molar-refractivity contribution in [2.75, 3.05) is 40.5 Å². The number of halogens is 3. The van der Waals surface area contributed by atoms with Crippen LogP contribution in [0.2, 0.25) is 0 Å². The summed E-state index contributed by atoms with van der Waals surface area (Å²) < 4.78 is 16.6. The minimum Gasteiger partial charge on any atom is -0.507 e. The van der Waals surface area contributed by atoms with Gasteiger partial charge in [0.1, 0.15) is 22.9 Å². The van der Waals surface area contributed by atoms with Gasteiger partial charge in [0.15, 0.2) is 11.5 Å². The predicted molar refractivity (Wildman–Crippen MR) is 148 cm³/mol. The Hall–Kier alpha value is -2.23. The summed E-state index contributed by atoms with van der Waals surface area (Å²) in [5.74, 6) is 0.697. The van der Waals surface area contributed by atoms with Gasteiger partial charge in [-0.25, -0.2) is 9.78 Å². The number of ether oxygens (including phenoxy) is 3. The Bertz CT molecular complexity index is 1080. The molecule has 0 radical (unpaired) electrons. The molecule has 0 aliphatic rings. The molecule has 35 heavy (non-hydrogen) atoms. The Morgan fingerprint density at radius 1 is 0.971 bits per heavy atom. The van der Waals surface area contributed by atoms with E-state index >= 15 is 0 Å². The fraction of sp³-hybridized carbons (Fsp3) is 0.333. The molecule has 0 aliphatic carbocycles. The number of phenolic OH excluding ortho intramolecular Hbond substituents is 1. The zero-order valence-corrected chi connectivity index (χ0v) is 23.2. The van der Waals surface area contributed by atoms with E-state index in [0.717, 1.165) is 16.1 Å². The fourth-order valence-corrected chi connectivity index (χ4v) is 3.81. The van der Waals surface area contributed by atoms with Gasteiger partial charge in [-0.2, -0.15) is 0 Å². The number of benzene rings is 2. The van der Waals surface area contributed by atoms with Crippen molar-refractivity contribution in [3.63, 3.8) is 0 Å². The lowest BCUT2D eigenvalue weighted by atomic mass is 10.1. The second-order valence-corrected chi connectivity index (χ2v) is 8.09. The lowest BCUT2D eigenvalue weighted by Crippen LogP contribution is -2.20. The molecule has 0 bridgehead atoms. The van der Waals surface area contributed by atoms with Crippen LogP contribution in [0.25, 0.3) is 21.8 Å². The Morgan fingerprint density at radius 2 is 1.63 bits per heavy atom. The highest BCUT2D eigenvalue weighted by Gasteiger charge is 2.16. The Kier molecular flexibility index (Phi) is 14.7. The number of likely N-dealkylation sites (N-methyl/N-ethyl adjacent to an activating group) is 1. The SMILES string of the molecule is CCOc1ccc(-c2nc(-c3ccc(O)c(C(=O)OCCN(C)C)c3)cs2)cc1OCC.Cl.Cl.Cl. The van der Waals surface area contributed by atoms with Crippen LogP contribution >= 0.6 is 48.6 Å². The zero-order valence-electron chi connectivity index (χ0n) is 20.0. The van der Waals surface area contributed by atoms with Gasteiger partial charge in [0.25, 0.3) is 0 Å². The summed E-state index contributed by atoms with van der Waals surface area (Å²) in [4.78, 5) is 19.0. The van der Waals surface area contributed by atoms with Crippen LogP contribution in [-0.2, 0) is 4.74 Å². The molecule has 0 atom stereocenters. The highest BCUT2D eigenvalue weighted by Crippen LogP contribution is 2.36. The fourth-order valence-electron chi connectivity index (χ4n) is 2.98. The van der Waals surface area contributed by atoms with Crippen molar-refractivity contribution in [3.05, 3.63) is 47.3 Å². The highest BCUT2D eigenvalue weighted by atomic mass is 35.5. The summed E-state index contributed by atoms with van der Waals surface area (Å²) >= 11 is 1.49. The molecule has 7 nitrogen and oxygen atoms in total. The minimum atomic E-state index is -0.561. The number of carbonyl (C=O) groups is 1. The molecule has 3 aromatic rings. The maximum atomic E-state index is 12.4. The van der Waals surface area contributed by atoms with E-state index in [4.69, 9.17) is 19.2 Å². The second kappa shape index (κ2) is 15.7. The molecule has 2 aromatic carbocycles. The first kappa shape index (κ1) is 32.8. The number of aromatic hydroxyl groups is 1. The Balaban J connectivity index is 0.00000385. The first-order valence-corrected chi connectivity index (χ1v) is 11.3. The van der Waals surface area contributed by atoms with Gasteiger partial charge in [-0.3, -0.25) is 0 Å². The average Bonchev–Trinajstić information content (AvgIpc) is 3.25. The average molecular weight is 566 g/mol. The first-order valence-electron chi connectivity index (χ1n) is 10.4. The van der Waals surface area contributed by atoms with Crippen molar-refractivity contribution < 1.29 is 24.1 Å². The summed E-state index contributed by atoms with van der Waals surface area (Å²) in [6.07, 6.45) is 0. The van der Waals surface area contributed by atoms with E-state index in [9.17, 15) is 9.90 Å². The number of hydrogen-bond acceptors (Lipinski definition) is 8. The summed E-state index contributed by atoms with van der Waals surface area (Å²) in [7, 11) is 3.79. The predicted octanol–water partition coefficient (Wildman–Crippen LogP) is 5.96. The van der Waals surface area contributed by atoms with Gasteiger partial charge in [-0.1, -0.05) is 0 Å². The molecule has 194 valence electrons. The number of esters is 1. The van der Waals surface area contributed by atoms with Crippen molar-refractivity contribution in [3.8, 4) is 39.1 Å². The third-order valence-corrected chi connectivity index (χ3v) is 5.47. The molecule has 11 heteroatoms. The van der Waals surface area contributed by atoms with E-state index in [1.807, 2.05) is 56.4 Å².